The minimum absolute atomic E-state index is 0.207. The first kappa shape index (κ1) is 22.6. The van der Waals surface area contributed by atoms with Gasteiger partial charge in [0, 0.05) is 12.6 Å². The predicted octanol–water partition coefficient (Wildman–Crippen LogP) is 4.72. The van der Waals surface area contributed by atoms with Crippen molar-refractivity contribution in [3.05, 3.63) is 41.5 Å². The Labute approximate surface area is 194 Å². The molecule has 3 aromatic rings. The number of amides is 1. The number of hydrogen-bond acceptors (Lipinski definition) is 5. The van der Waals surface area contributed by atoms with Crippen molar-refractivity contribution in [3.8, 4) is 17.2 Å². The van der Waals surface area contributed by atoms with Crippen molar-refractivity contribution in [3.63, 3.8) is 0 Å². The van der Waals surface area contributed by atoms with Gasteiger partial charge in [-0.05, 0) is 76.3 Å². The number of halogens is 3. The average Bonchev–Trinajstić information content (AvgIpc) is 3.30. The first-order valence-electron chi connectivity index (χ1n) is 11.1. The molecule has 34 heavy (non-hydrogen) atoms. The van der Waals surface area contributed by atoms with Crippen LogP contribution in [0.25, 0.3) is 21.5 Å². The second-order valence-electron chi connectivity index (χ2n) is 8.69. The van der Waals surface area contributed by atoms with E-state index in [9.17, 15) is 18.0 Å². The maximum Gasteiger partial charge on any atom is 0.471 e. The van der Waals surface area contributed by atoms with Crippen molar-refractivity contribution in [2.45, 2.75) is 37.6 Å². The molecule has 1 saturated heterocycles. The third-order valence-corrected chi connectivity index (χ3v) is 7.00. The highest BCUT2D eigenvalue weighted by Gasteiger charge is 2.45. The summed E-state index contributed by atoms with van der Waals surface area (Å²) in [4.78, 5) is 14.3. The largest absolute Gasteiger partial charge is 0.497 e. The summed E-state index contributed by atoms with van der Waals surface area (Å²) in [5.74, 6) is -0.223. The lowest BCUT2D eigenvalue weighted by Crippen LogP contribution is -2.49. The molecule has 0 aromatic heterocycles. The van der Waals surface area contributed by atoms with Crippen LogP contribution in [0.15, 0.2) is 30.3 Å². The van der Waals surface area contributed by atoms with E-state index in [-0.39, 0.29) is 6.04 Å². The molecule has 0 aliphatic carbocycles. The molecule has 180 valence electrons. The molecule has 3 aromatic carbocycles. The number of fused-ring (bicyclic) bond motifs is 7. The topological polar surface area (TPSA) is 60.0 Å². The van der Waals surface area contributed by atoms with Crippen molar-refractivity contribution >= 4 is 27.5 Å². The van der Waals surface area contributed by atoms with E-state index in [4.69, 9.17) is 14.2 Å². The number of carbonyl (C=O) groups is 1. The third-order valence-electron chi connectivity index (χ3n) is 7.00. The van der Waals surface area contributed by atoms with Crippen LogP contribution in [0, 0.1) is 0 Å². The summed E-state index contributed by atoms with van der Waals surface area (Å²) in [7, 11) is 4.67. The molecule has 2 aliphatic heterocycles. The van der Waals surface area contributed by atoms with Crippen LogP contribution in [0.2, 0.25) is 0 Å². The molecular formula is C25H25F3N2O4. The lowest BCUT2D eigenvalue weighted by atomic mass is 9.82. The van der Waals surface area contributed by atoms with Crippen molar-refractivity contribution in [1.82, 2.24) is 10.2 Å². The molecule has 0 radical (unpaired) electrons. The number of ether oxygens (including phenoxy) is 3. The standard InChI is InChI=1S/C25H25F3N2O4/c1-32-13-6-7-14-15(9-13)16-10-20(33-2)21(34-3)11-17(16)18-12-30-8-4-5-19(30)23(22(14)18)29-24(31)25(26,27)28/h6-7,9-11,19,23H,4-5,8,12H2,1-3H3,(H,29,31)/t19-,23+/m0/s1. The van der Waals surface area contributed by atoms with Gasteiger partial charge in [-0.15, -0.1) is 0 Å². The van der Waals surface area contributed by atoms with Gasteiger partial charge in [-0.1, -0.05) is 6.07 Å². The number of benzene rings is 3. The molecule has 5 rings (SSSR count). The molecule has 6 nitrogen and oxygen atoms in total. The Morgan fingerprint density at radius 1 is 0.971 bits per heavy atom. The maximum absolute atomic E-state index is 13.3. The number of alkyl halides is 3. The van der Waals surface area contributed by atoms with E-state index in [0.717, 1.165) is 45.6 Å². The molecule has 0 unspecified atom stereocenters. The van der Waals surface area contributed by atoms with E-state index in [1.807, 2.05) is 24.3 Å². The van der Waals surface area contributed by atoms with E-state index in [2.05, 4.69) is 10.2 Å². The summed E-state index contributed by atoms with van der Waals surface area (Å²) >= 11 is 0. The number of hydrogen-bond donors (Lipinski definition) is 1. The molecule has 1 amide bonds. The predicted molar refractivity (Wildman–Crippen MR) is 121 cm³/mol. The first-order valence-corrected chi connectivity index (χ1v) is 11.1. The van der Waals surface area contributed by atoms with E-state index in [1.54, 1.807) is 27.4 Å². The van der Waals surface area contributed by atoms with Crippen LogP contribution in [0.1, 0.15) is 30.0 Å². The van der Waals surface area contributed by atoms with Crippen LogP contribution in [0.4, 0.5) is 13.2 Å². The molecule has 1 fully saturated rings. The Kier molecular flexibility index (Phi) is 5.47. The van der Waals surface area contributed by atoms with Gasteiger partial charge < -0.3 is 19.5 Å². The Morgan fingerprint density at radius 2 is 1.65 bits per heavy atom. The zero-order chi connectivity index (χ0) is 24.2. The molecule has 1 N–H and O–H groups in total. The summed E-state index contributed by atoms with van der Waals surface area (Å²) in [6.45, 7) is 1.34. The quantitative estimate of drug-likeness (QED) is 0.555. The fraction of sp³-hybridized carbons (Fsp3) is 0.400. The molecule has 9 heteroatoms. The van der Waals surface area contributed by atoms with E-state index in [1.165, 1.54) is 0 Å². The van der Waals surface area contributed by atoms with Crippen molar-refractivity contribution in [2.75, 3.05) is 27.9 Å². The van der Waals surface area contributed by atoms with Gasteiger partial charge in [0.2, 0.25) is 0 Å². The van der Waals surface area contributed by atoms with Crippen LogP contribution in [0.3, 0.4) is 0 Å². The second-order valence-corrected chi connectivity index (χ2v) is 8.69. The van der Waals surface area contributed by atoms with Gasteiger partial charge >= 0.3 is 12.1 Å². The highest BCUT2D eigenvalue weighted by Crippen LogP contribution is 2.47. The lowest BCUT2D eigenvalue weighted by molar-refractivity contribution is -0.175. The number of methoxy groups -OCH3 is 3. The van der Waals surface area contributed by atoms with Gasteiger partial charge in [-0.3, -0.25) is 9.69 Å². The Balaban J connectivity index is 1.85. The first-order chi connectivity index (χ1) is 16.3. The second kappa shape index (κ2) is 8.23. The molecule has 0 spiro atoms. The van der Waals surface area contributed by atoms with Gasteiger partial charge in [0.15, 0.2) is 11.5 Å². The Morgan fingerprint density at radius 3 is 2.29 bits per heavy atom. The highest BCUT2D eigenvalue weighted by molar-refractivity contribution is 6.12. The summed E-state index contributed by atoms with van der Waals surface area (Å²) in [6, 6.07) is 8.27. The minimum atomic E-state index is -4.96. The Bertz CT molecular complexity index is 1290. The summed E-state index contributed by atoms with van der Waals surface area (Å²) in [5, 5.41) is 5.66. The van der Waals surface area contributed by atoms with Crippen LogP contribution < -0.4 is 19.5 Å². The summed E-state index contributed by atoms with van der Waals surface area (Å²) < 4.78 is 56.4. The normalized spacial score (nSPS) is 20.2. The molecule has 2 aliphatic rings. The van der Waals surface area contributed by atoms with Crippen molar-refractivity contribution in [1.29, 1.82) is 0 Å². The fourth-order valence-corrected chi connectivity index (χ4v) is 5.51. The molecular weight excluding hydrogens is 449 g/mol. The number of carbonyl (C=O) groups excluding carboxylic acids is 1. The van der Waals surface area contributed by atoms with E-state index < -0.39 is 18.1 Å². The maximum atomic E-state index is 13.3. The van der Waals surface area contributed by atoms with Crippen molar-refractivity contribution in [2.24, 2.45) is 0 Å². The van der Waals surface area contributed by atoms with Crippen LogP contribution >= 0.6 is 0 Å². The molecule has 0 bridgehead atoms. The Hall–Kier alpha value is -3.20. The monoisotopic (exact) mass is 474 g/mol. The van der Waals surface area contributed by atoms with E-state index in [0.29, 0.717) is 30.2 Å². The molecule has 2 heterocycles. The van der Waals surface area contributed by atoms with Gasteiger partial charge in [-0.25, -0.2) is 0 Å². The van der Waals surface area contributed by atoms with Gasteiger partial charge in [0.25, 0.3) is 0 Å². The number of nitrogens with one attached hydrogen (secondary N) is 1. The zero-order valence-electron chi connectivity index (χ0n) is 19.1. The lowest BCUT2D eigenvalue weighted by Gasteiger charge is -2.40. The van der Waals surface area contributed by atoms with Gasteiger partial charge in [0.1, 0.15) is 5.75 Å². The van der Waals surface area contributed by atoms with Crippen LogP contribution in [0.5, 0.6) is 17.2 Å². The number of rotatable bonds is 4. The summed E-state index contributed by atoms with van der Waals surface area (Å²) in [6.07, 6.45) is -3.39. The smallest absolute Gasteiger partial charge is 0.471 e. The number of nitrogens with zero attached hydrogens (tertiary/aromatic N) is 1. The zero-order valence-corrected chi connectivity index (χ0v) is 19.1. The van der Waals surface area contributed by atoms with Gasteiger partial charge in [-0.2, -0.15) is 13.2 Å². The van der Waals surface area contributed by atoms with Crippen molar-refractivity contribution < 1.29 is 32.2 Å². The van der Waals surface area contributed by atoms with E-state index >= 15 is 0 Å². The summed E-state index contributed by atoms with van der Waals surface area (Å²) in [5.41, 5.74) is 1.61. The third kappa shape index (κ3) is 3.50. The average molecular weight is 474 g/mol. The van der Waals surface area contributed by atoms with Gasteiger partial charge in [0.05, 0.1) is 27.4 Å². The molecule has 2 atom stereocenters. The fourth-order valence-electron chi connectivity index (χ4n) is 5.51. The minimum Gasteiger partial charge on any atom is -0.497 e. The molecule has 0 saturated carbocycles. The van der Waals surface area contributed by atoms with Crippen LogP contribution in [-0.2, 0) is 11.3 Å². The highest BCUT2D eigenvalue weighted by atomic mass is 19.4. The van der Waals surface area contributed by atoms with Crippen LogP contribution in [-0.4, -0.2) is 50.9 Å². The SMILES string of the molecule is COc1ccc2c3c(c4cc(OC)c(OC)cc4c2c1)CN1CCC[C@H]1[C@H]3NC(=O)C(F)(F)F.